The van der Waals surface area contributed by atoms with Gasteiger partial charge in [-0.3, -0.25) is 9.69 Å². The minimum absolute atomic E-state index is 0.0741. The summed E-state index contributed by atoms with van der Waals surface area (Å²) in [5.74, 6) is 0.154. The SMILES string of the molecule is CC.CC.CN1CC(=O)NC12CCCNC2. The summed E-state index contributed by atoms with van der Waals surface area (Å²) in [4.78, 5) is 13.3. The largest absolute Gasteiger partial charge is 0.336 e. The standard InChI is InChI=1S/C8H15N3O.2C2H6/c1-11-5-7(12)10-8(11)3-2-4-9-6-8;2*1-2/h9H,2-6H2,1H3,(H,10,12);2*1-2H3. The maximum atomic E-state index is 11.1. The van der Waals surface area contributed by atoms with Gasteiger partial charge in [-0.2, -0.15) is 0 Å². The molecule has 0 aromatic carbocycles. The number of nitrogens with one attached hydrogen (secondary N) is 2. The molecule has 0 bridgehead atoms. The van der Waals surface area contributed by atoms with Gasteiger partial charge < -0.3 is 10.6 Å². The maximum Gasteiger partial charge on any atom is 0.235 e. The number of carbonyl (C=O) groups excluding carboxylic acids is 1. The molecule has 1 atom stereocenters. The van der Waals surface area contributed by atoms with E-state index in [9.17, 15) is 4.79 Å². The van der Waals surface area contributed by atoms with E-state index in [1.807, 2.05) is 34.7 Å². The number of piperidine rings is 1. The van der Waals surface area contributed by atoms with Crippen LogP contribution in [0.5, 0.6) is 0 Å². The molecule has 4 heteroatoms. The summed E-state index contributed by atoms with van der Waals surface area (Å²) in [6.45, 7) is 10.5. The highest BCUT2D eigenvalue weighted by molar-refractivity contribution is 5.81. The highest BCUT2D eigenvalue weighted by Crippen LogP contribution is 2.23. The van der Waals surface area contributed by atoms with E-state index in [0.29, 0.717) is 6.54 Å². The zero-order chi connectivity index (χ0) is 12.6. The van der Waals surface area contributed by atoms with Gasteiger partial charge in [0.15, 0.2) is 0 Å². The number of hydrogen-bond donors (Lipinski definition) is 2. The number of carbonyl (C=O) groups is 1. The van der Waals surface area contributed by atoms with Gasteiger partial charge in [-0.25, -0.2) is 0 Å². The Kier molecular flexibility index (Phi) is 7.34. The van der Waals surface area contributed by atoms with Crippen LogP contribution < -0.4 is 10.6 Å². The van der Waals surface area contributed by atoms with E-state index in [-0.39, 0.29) is 11.6 Å². The predicted molar refractivity (Wildman–Crippen MR) is 68.3 cm³/mol. The van der Waals surface area contributed by atoms with Crippen LogP contribution in [0.25, 0.3) is 0 Å². The van der Waals surface area contributed by atoms with Crippen LogP contribution >= 0.6 is 0 Å². The molecule has 1 unspecified atom stereocenters. The van der Waals surface area contributed by atoms with Gasteiger partial charge >= 0.3 is 0 Å². The van der Waals surface area contributed by atoms with Gasteiger partial charge in [0.1, 0.15) is 5.66 Å². The molecule has 96 valence electrons. The minimum atomic E-state index is -0.0741. The minimum Gasteiger partial charge on any atom is -0.336 e. The summed E-state index contributed by atoms with van der Waals surface area (Å²) in [6.07, 6.45) is 2.22. The van der Waals surface area contributed by atoms with Crippen molar-refractivity contribution in [1.29, 1.82) is 0 Å². The first-order valence-electron chi connectivity index (χ1n) is 6.46. The van der Waals surface area contributed by atoms with E-state index in [1.54, 1.807) is 0 Å². The number of nitrogens with zero attached hydrogens (tertiary/aromatic N) is 1. The molecule has 0 aliphatic carbocycles. The quantitative estimate of drug-likeness (QED) is 0.655. The molecule has 2 rings (SSSR count). The molecule has 0 radical (unpaired) electrons. The normalized spacial score (nSPS) is 28.7. The molecule has 1 spiro atoms. The third-order valence-corrected chi connectivity index (χ3v) is 2.84. The van der Waals surface area contributed by atoms with Gasteiger partial charge in [-0.1, -0.05) is 27.7 Å². The Morgan fingerprint density at radius 2 is 1.88 bits per heavy atom. The lowest BCUT2D eigenvalue weighted by atomic mass is 10.00. The smallest absolute Gasteiger partial charge is 0.235 e. The highest BCUT2D eigenvalue weighted by atomic mass is 16.2. The summed E-state index contributed by atoms with van der Waals surface area (Å²) in [7, 11) is 2.00. The molecule has 0 aromatic rings. The second-order valence-corrected chi connectivity index (χ2v) is 3.72. The third-order valence-electron chi connectivity index (χ3n) is 2.84. The van der Waals surface area contributed by atoms with Crippen molar-refractivity contribution in [3.8, 4) is 0 Å². The van der Waals surface area contributed by atoms with E-state index < -0.39 is 0 Å². The Hall–Kier alpha value is -0.610. The molecule has 2 aliphatic rings. The maximum absolute atomic E-state index is 11.1. The monoisotopic (exact) mass is 229 g/mol. The first-order valence-corrected chi connectivity index (χ1v) is 6.46. The predicted octanol–water partition coefficient (Wildman–Crippen LogP) is 1.18. The summed E-state index contributed by atoms with van der Waals surface area (Å²) in [6, 6.07) is 0. The summed E-state index contributed by atoms with van der Waals surface area (Å²) < 4.78 is 0. The Labute approximate surface area is 99.8 Å². The van der Waals surface area contributed by atoms with Crippen molar-refractivity contribution in [3.63, 3.8) is 0 Å². The average Bonchev–Trinajstić information content (AvgIpc) is 2.60. The summed E-state index contributed by atoms with van der Waals surface area (Å²) >= 11 is 0. The number of amides is 1. The summed E-state index contributed by atoms with van der Waals surface area (Å²) in [5.41, 5.74) is -0.0741. The molecular weight excluding hydrogens is 202 g/mol. The van der Waals surface area contributed by atoms with E-state index in [1.165, 1.54) is 0 Å². The van der Waals surface area contributed by atoms with Crippen LogP contribution in [0.1, 0.15) is 40.5 Å². The van der Waals surface area contributed by atoms with E-state index in [0.717, 1.165) is 25.9 Å². The van der Waals surface area contributed by atoms with Gasteiger partial charge in [0.2, 0.25) is 5.91 Å². The van der Waals surface area contributed by atoms with Gasteiger partial charge in [0, 0.05) is 6.54 Å². The molecule has 16 heavy (non-hydrogen) atoms. The van der Waals surface area contributed by atoms with E-state index >= 15 is 0 Å². The molecule has 2 saturated heterocycles. The third kappa shape index (κ3) is 3.46. The van der Waals surface area contributed by atoms with E-state index in [2.05, 4.69) is 15.5 Å². The molecule has 1 amide bonds. The molecular formula is C12H27N3O. The fraction of sp³-hybridized carbons (Fsp3) is 0.917. The van der Waals surface area contributed by atoms with Crippen molar-refractivity contribution in [2.75, 3.05) is 26.7 Å². The average molecular weight is 229 g/mol. The van der Waals surface area contributed by atoms with Gasteiger partial charge in [0.05, 0.1) is 6.54 Å². The Morgan fingerprint density at radius 1 is 1.25 bits per heavy atom. The van der Waals surface area contributed by atoms with Crippen LogP contribution in [0, 0.1) is 0 Å². The Balaban J connectivity index is 0.000000509. The molecule has 4 nitrogen and oxygen atoms in total. The van der Waals surface area contributed by atoms with Gasteiger partial charge in [0.25, 0.3) is 0 Å². The lowest BCUT2D eigenvalue weighted by molar-refractivity contribution is -0.119. The van der Waals surface area contributed by atoms with Crippen molar-refractivity contribution >= 4 is 5.91 Å². The van der Waals surface area contributed by atoms with Crippen LogP contribution in [0.2, 0.25) is 0 Å². The summed E-state index contributed by atoms with van der Waals surface area (Å²) in [5, 5.41) is 6.36. The van der Waals surface area contributed by atoms with Crippen LogP contribution in [-0.4, -0.2) is 43.2 Å². The van der Waals surface area contributed by atoms with Crippen molar-refractivity contribution in [1.82, 2.24) is 15.5 Å². The second kappa shape index (κ2) is 7.63. The molecule has 2 heterocycles. The van der Waals surface area contributed by atoms with Crippen LogP contribution in [0.4, 0.5) is 0 Å². The Morgan fingerprint density at radius 3 is 2.25 bits per heavy atom. The van der Waals surface area contributed by atoms with Crippen molar-refractivity contribution < 1.29 is 4.79 Å². The Bertz CT molecular complexity index is 200. The fourth-order valence-corrected chi connectivity index (χ4v) is 2.08. The van der Waals surface area contributed by atoms with Crippen LogP contribution in [-0.2, 0) is 4.79 Å². The first-order chi connectivity index (χ1) is 7.73. The molecule has 2 fully saturated rings. The van der Waals surface area contributed by atoms with Crippen molar-refractivity contribution in [2.45, 2.75) is 46.2 Å². The lowest BCUT2D eigenvalue weighted by Gasteiger charge is -2.38. The van der Waals surface area contributed by atoms with Crippen molar-refractivity contribution in [2.24, 2.45) is 0 Å². The number of likely N-dealkylation sites (N-methyl/N-ethyl adjacent to an activating group) is 1. The zero-order valence-corrected chi connectivity index (χ0v) is 11.4. The molecule has 0 aromatic heterocycles. The molecule has 2 aliphatic heterocycles. The van der Waals surface area contributed by atoms with Crippen LogP contribution in [0.15, 0.2) is 0 Å². The van der Waals surface area contributed by atoms with Gasteiger partial charge in [-0.15, -0.1) is 0 Å². The lowest BCUT2D eigenvalue weighted by Crippen LogP contribution is -2.59. The topological polar surface area (TPSA) is 44.4 Å². The fourth-order valence-electron chi connectivity index (χ4n) is 2.08. The molecule has 2 N–H and O–H groups in total. The highest BCUT2D eigenvalue weighted by Gasteiger charge is 2.42. The van der Waals surface area contributed by atoms with Crippen LogP contribution in [0.3, 0.4) is 0 Å². The van der Waals surface area contributed by atoms with Crippen molar-refractivity contribution in [3.05, 3.63) is 0 Å². The molecule has 0 saturated carbocycles. The van der Waals surface area contributed by atoms with Gasteiger partial charge in [-0.05, 0) is 26.4 Å². The second-order valence-electron chi connectivity index (χ2n) is 3.72. The number of hydrogen-bond acceptors (Lipinski definition) is 3. The first kappa shape index (κ1) is 15.4. The number of rotatable bonds is 0. The zero-order valence-electron chi connectivity index (χ0n) is 11.4. The van der Waals surface area contributed by atoms with E-state index in [4.69, 9.17) is 0 Å².